The molecule has 2 aromatic rings. The number of fused-ring (bicyclic) bond motifs is 1. The summed E-state index contributed by atoms with van der Waals surface area (Å²) in [5.74, 6) is 0.683. The molecule has 2 aromatic carbocycles. The summed E-state index contributed by atoms with van der Waals surface area (Å²) in [6.07, 6.45) is 1.89. The first-order chi connectivity index (χ1) is 12.2. The Morgan fingerprint density at radius 2 is 1.92 bits per heavy atom. The molecule has 0 aliphatic carbocycles. The van der Waals surface area contributed by atoms with E-state index >= 15 is 0 Å². The van der Waals surface area contributed by atoms with E-state index in [9.17, 15) is 4.79 Å². The van der Waals surface area contributed by atoms with E-state index in [2.05, 4.69) is 30.1 Å². The predicted octanol–water partition coefficient (Wildman–Crippen LogP) is 4.63. The molecule has 1 aliphatic heterocycles. The van der Waals surface area contributed by atoms with Crippen LogP contribution in [0.15, 0.2) is 52.3 Å². The molecular formula is C20H22N2O2S. The van der Waals surface area contributed by atoms with Crippen LogP contribution in [0.1, 0.15) is 19.4 Å². The lowest BCUT2D eigenvalue weighted by molar-refractivity contribution is -0.112. The van der Waals surface area contributed by atoms with E-state index in [0.29, 0.717) is 4.91 Å². The number of para-hydroxylation sites is 1. The van der Waals surface area contributed by atoms with Crippen molar-refractivity contribution in [3.63, 3.8) is 0 Å². The fraction of sp³-hybridized carbons (Fsp3) is 0.250. The molecule has 0 bridgehead atoms. The topological polar surface area (TPSA) is 41.6 Å². The van der Waals surface area contributed by atoms with Crippen molar-refractivity contribution in [2.75, 3.05) is 30.4 Å². The lowest BCUT2D eigenvalue weighted by atomic mass is 10.1. The van der Waals surface area contributed by atoms with Crippen molar-refractivity contribution in [3.8, 4) is 5.75 Å². The minimum atomic E-state index is -0.0847. The van der Waals surface area contributed by atoms with Crippen molar-refractivity contribution >= 4 is 35.1 Å². The predicted molar refractivity (Wildman–Crippen MR) is 105 cm³/mol. The number of nitrogens with one attached hydrogen (secondary N) is 1. The Hall–Kier alpha value is -2.40. The number of benzene rings is 2. The summed E-state index contributed by atoms with van der Waals surface area (Å²) in [4.78, 5) is 16.3. The van der Waals surface area contributed by atoms with Crippen LogP contribution in [0.3, 0.4) is 0 Å². The van der Waals surface area contributed by atoms with E-state index in [4.69, 9.17) is 4.74 Å². The number of ether oxygens (including phenoxy) is 1. The number of rotatable bonds is 5. The maximum Gasteiger partial charge on any atom is 0.262 e. The molecule has 4 nitrogen and oxygen atoms in total. The van der Waals surface area contributed by atoms with Gasteiger partial charge in [0.05, 0.1) is 17.7 Å². The average molecular weight is 354 g/mol. The second kappa shape index (κ2) is 7.66. The fourth-order valence-electron chi connectivity index (χ4n) is 2.85. The number of hydrogen-bond donors (Lipinski definition) is 1. The Morgan fingerprint density at radius 3 is 2.64 bits per heavy atom. The lowest BCUT2D eigenvalue weighted by Crippen LogP contribution is -2.21. The van der Waals surface area contributed by atoms with E-state index in [-0.39, 0.29) is 5.91 Å². The van der Waals surface area contributed by atoms with Gasteiger partial charge in [-0.1, -0.05) is 23.9 Å². The van der Waals surface area contributed by atoms with Crippen LogP contribution in [-0.2, 0) is 4.79 Å². The van der Waals surface area contributed by atoms with Crippen LogP contribution < -0.4 is 15.0 Å². The number of methoxy groups -OCH3 is 1. The average Bonchev–Trinajstić information content (AvgIpc) is 2.64. The summed E-state index contributed by atoms with van der Waals surface area (Å²) in [6.45, 7) is 6.14. The van der Waals surface area contributed by atoms with Gasteiger partial charge in [-0.05, 0) is 44.2 Å². The maximum atomic E-state index is 12.4. The first-order valence-corrected chi connectivity index (χ1v) is 9.20. The molecule has 3 rings (SSSR count). The Morgan fingerprint density at radius 1 is 1.16 bits per heavy atom. The molecule has 0 radical (unpaired) electrons. The van der Waals surface area contributed by atoms with Crippen molar-refractivity contribution in [3.05, 3.63) is 52.9 Å². The maximum absolute atomic E-state index is 12.4. The molecule has 25 heavy (non-hydrogen) atoms. The molecule has 5 heteroatoms. The molecule has 0 aromatic heterocycles. The summed E-state index contributed by atoms with van der Waals surface area (Å²) in [7, 11) is 1.66. The number of amides is 1. The zero-order valence-electron chi connectivity index (χ0n) is 14.7. The van der Waals surface area contributed by atoms with Crippen LogP contribution in [0.4, 0.5) is 11.4 Å². The van der Waals surface area contributed by atoms with E-state index in [1.165, 1.54) is 11.8 Å². The lowest BCUT2D eigenvalue weighted by Gasteiger charge is -2.22. The van der Waals surface area contributed by atoms with Gasteiger partial charge in [0.25, 0.3) is 5.91 Å². The second-order valence-corrected chi connectivity index (χ2v) is 6.74. The van der Waals surface area contributed by atoms with Crippen molar-refractivity contribution in [2.45, 2.75) is 18.7 Å². The molecule has 0 fully saturated rings. The van der Waals surface area contributed by atoms with Gasteiger partial charge in [-0.15, -0.1) is 0 Å². The Balaban J connectivity index is 1.94. The number of carbonyl (C=O) groups excluding carboxylic acids is 1. The smallest absolute Gasteiger partial charge is 0.262 e. The number of anilines is 2. The number of carbonyl (C=O) groups is 1. The normalized spacial score (nSPS) is 14.8. The first kappa shape index (κ1) is 17.4. The first-order valence-electron chi connectivity index (χ1n) is 8.39. The molecule has 0 saturated heterocycles. The van der Waals surface area contributed by atoms with Crippen LogP contribution in [0.25, 0.3) is 6.08 Å². The van der Waals surface area contributed by atoms with Gasteiger partial charge in [-0.2, -0.15) is 0 Å². The molecular weight excluding hydrogens is 332 g/mol. The van der Waals surface area contributed by atoms with Gasteiger partial charge >= 0.3 is 0 Å². The quantitative estimate of drug-likeness (QED) is 0.795. The zero-order chi connectivity index (χ0) is 17.8. The highest BCUT2D eigenvalue weighted by molar-refractivity contribution is 8.04. The fourth-order valence-corrected chi connectivity index (χ4v) is 3.79. The SMILES string of the molecule is CCN(CC)c1ccc(/C=C2\Sc3ccccc3NC2=O)c(OC)c1. The molecule has 0 unspecified atom stereocenters. The van der Waals surface area contributed by atoms with Gasteiger partial charge in [0.1, 0.15) is 5.75 Å². The van der Waals surface area contributed by atoms with E-state index < -0.39 is 0 Å². The largest absolute Gasteiger partial charge is 0.496 e. The van der Waals surface area contributed by atoms with Crippen molar-refractivity contribution in [1.29, 1.82) is 0 Å². The standard InChI is InChI=1S/C20H22N2O2S/c1-4-22(5-2)15-11-10-14(17(13-15)24-3)12-19-20(23)21-16-8-6-7-9-18(16)25-19/h6-13H,4-5H2,1-3H3,(H,21,23)/b19-12-. The molecule has 1 amide bonds. The zero-order valence-corrected chi connectivity index (χ0v) is 15.5. The van der Waals surface area contributed by atoms with Crippen molar-refractivity contribution < 1.29 is 9.53 Å². The summed E-state index contributed by atoms with van der Waals surface area (Å²) in [6, 6.07) is 13.9. The summed E-state index contributed by atoms with van der Waals surface area (Å²) in [5, 5.41) is 2.94. The summed E-state index contributed by atoms with van der Waals surface area (Å²) >= 11 is 1.48. The van der Waals surface area contributed by atoms with Crippen LogP contribution in [0, 0.1) is 0 Å². The van der Waals surface area contributed by atoms with Gasteiger partial charge < -0.3 is 15.0 Å². The Labute approximate surface area is 152 Å². The van der Waals surface area contributed by atoms with Crippen molar-refractivity contribution in [2.24, 2.45) is 0 Å². The third-order valence-electron chi connectivity index (χ3n) is 4.21. The van der Waals surface area contributed by atoms with Crippen LogP contribution in [0.5, 0.6) is 5.75 Å². The van der Waals surface area contributed by atoms with Gasteiger partial charge in [-0.25, -0.2) is 0 Å². The second-order valence-electron chi connectivity index (χ2n) is 5.66. The van der Waals surface area contributed by atoms with Crippen LogP contribution in [-0.4, -0.2) is 26.1 Å². The number of nitrogens with zero attached hydrogens (tertiary/aromatic N) is 1. The number of hydrogen-bond acceptors (Lipinski definition) is 4. The van der Waals surface area contributed by atoms with E-state index in [1.807, 2.05) is 42.5 Å². The van der Waals surface area contributed by atoms with E-state index in [0.717, 1.165) is 40.7 Å². The third-order valence-corrected chi connectivity index (χ3v) is 5.31. The Kier molecular flexibility index (Phi) is 5.34. The highest BCUT2D eigenvalue weighted by Crippen LogP contribution is 2.39. The van der Waals surface area contributed by atoms with Gasteiger partial charge in [0.2, 0.25) is 0 Å². The molecule has 0 atom stereocenters. The summed E-state index contributed by atoms with van der Waals surface area (Å²) in [5.41, 5.74) is 2.88. The molecule has 0 saturated carbocycles. The monoisotopic (exact) mass is 354 g/mol. The van der Waals surface area contributed by atoms with Gasteiger partial charge in [0.15, 0.2) is 0 Å². The van der Waals surface area contributed by atoms with Crippen molar-refractivity contribution in [1.82, 2.24) is 0 Å². The molecule has 1 aliphatic rings. The molecule has 0 spiro atoms. The van der Waals surface area contributed by atoms with Gasteiger partial charge in [-0.3, -0.25) is 4.79 Å². The van der Waals surface area contributed by atoms with Gasteiger partial charge in [0, 0.05) is 35.3 Å². The van der Waals surface area contributed by atoms with Crippen LogP contribution >= 0.6 is 11.8 Å². The highest BCUT2D eigenvalue weighted by atomic mass is 32.2. The third kappa shape index (κ3) is 3.66. The minimum absolute atomic E-state index is 0.0847. The molecule has 130 valence electrons. The Bertz CT molecular complexity index is 813. The number of thioether (sulfide) groups is 1. The van der Waals surface area contributed by atoms with E-state index in [1.54, 1.807) is 7.11 Å². The highest BCUT2D eigenvalue weighted by Gasteiger charge is 2.21. The molecule has 1 N–H and O–H groups in total. The molecule has 1 heterocycles. The minimum Gasteiger partial charge on any atom is -0.496 e. The van der Waals surface area contributed by atoms with Crippen LogP contribution in [0.2, 0.25) is 0 Å². The summed E-state index contributed by atoms with van der Waals surface area (Å²) < 4.78 is 5.56.